The number of fused-ring (bicyclic) bond motifs is 1. The van der Waals surface area contributed by atoms with Gasteiger partial charge in [-0.25, -0.2) is 0 Å². The van der Waals surface area contributed by atoms with Crippen LogP contribution >= 0.6 is 31.9 Å². The van der Waals surface area contributed by atoms with Gasteiger partial charge < -0.3 is 19.5 Å². The largest absolute Gasteiger partial charge is 0.450 e. The minimum absolute atomic E-state index is 0.391. The SMILES string of the molecule is CC1(C)NC2=C(CO1)Oc1cc(Br)c(Br)cc1O2. The minimum Gasteiger partial charge on any atom is -0.450 e. The van der Waals surface area contributed by atoms with Gasteiger partial charge in [0.2, 0.25) is 5.88 Å². The topological polar surface area (TPSA) is 39.7 Å². The van der Waals surface area contributed by atoms with E-state index in [2.05, 4.69) is 37.2 Å². The zero-order valence-corrected chi connectivity index (χ0v) is 13.0. The zero-order chi connectivity index (χ0) is 12.9. The Morgan fingerprint density at radius 1 is 1.11 bits per heavy atom. The predicted molar refractivity (Wildman–Crippen MR) is 73.3 cm³/mol. The molecule has 0 spiro atoms. The fourth-order valence-electron chi connectivity index (χ4n) is 1.76. The van der Waals surface area contributed by atoms with E-state index in [1.54, 1.807) is 0 Å². The van der Waals surface area contributed by atoms with Gasteiger partial charge in [-0.05, 0) is 45.7 Å². The van der Waals surface area contributed by atoms with Crippen molar-refractivity contribution in [3.63, 3.8) is 0 Å². The third kappa shape index (κ3) is 2.13. The molecule has 1 aromatic rings. The van der Waals surface area contributed by atoms with Gasteiger partial charge in [-0.2, -0.15) is 0 Å². The summed E-state index contributed by atoms with van der Waals surface area (Å²) in [6, 6.07) is 3.73. The van der Waals surface area contributed by atoms with E-state index in [-0.39, 0.29) is 0 Å². The Morgan fingerprint density at radius 3 is 2.39 bits per heavy atom. The molecule has 2 aliphatic rings. The zero-order valence-electron chi connectivity index (χ0n) is 9.84. The van der Waals surface area contributed by atoms with E-state index in [0.29, 0.717) is 29.7 Å². The first-order chi connectivity index (χ1) is 8.44. The molecule has 2 heterocycles. The molecule has 1 aromatic carbocycles. The third-order valence-corrected chi connectivity index (χ3v) is 4.51. The second-order valence-electron chi connectivity index (χ2n) is 4.59. The van der Waals surface area contributed by atoms with Crippen LogP contribution in [0.3, 0.4) is 0 Å². The molecule has 0 aromatic heterocycles. The number of hydrogen-bond donors (Lipinski definition) is 1. The summed E-state index contributed by atoms with van der Waals surface area (Å²) in [5.41, 5.74) is -0.452. The standard InChI is InChI=1S/C12H11Br2NO3/c1-12(2)15-11-10(5-16-12)17-8-3-6(13)7(14)4-9(8)18-11/h3-4,15H,5H2,1-2H3. The molecule has 0 atom stereocenters. The van der Waals surface area contributed by atoms with Crippen LogP contribution in [-0.2, 0) is 4.74 Å². The maximum absolute atomic E-state index is 5.82. The summed E-state index contributed by atoms with van der Waals surface area (Å²) in [6.45, 7) is 4.27. The first-order valence-electron chi connectivity index (χ1n) is 5.45. The van der Waals surface area contributed by atoms with Crippen molar-refractivity contribution in [2.24, 2.45) is 0 Å². The van der Waals surface area contributed by atoms with E-state index < -0.39 is 5.72 Å². The molecule has 3 rings (SSSR count). The van der Waals surface area contributed by atoms with Crippen molar-refractivity contribution < 1.29 is 14.2 Å². The molecule has 18 heavy (non-hydrogen) atoms. The maximum atomic E-state index is 5.82. The van der Waals surface area contributed by atoms with Crippen LogP contribution in [0.15, 0.2) is 32.7 Å². The normalized spacial score (nSPS) is 20.2. The van der Waals surface area contributed by atoms with Crippen LogP contribution in [-0.4, -0.2) is 12.3 Å². The van der Waals surface area contributed by atoms with Crippen molar-refractivity contribution in [1.29, 1.82) is 0 Å². The van der Waals surface area contributed by atoms with Gasteiger partial charge >= 0.3 is 0 Å². The Labute approximate surface area is 122 Å². The van der Waals surface area contributed by atoms with Gasteiger partial charge in [-0.1, -0.05) is 0 Å². The second-order valence-corrected chi connectivity index (χ2v) is 6.30. The van der Waals surface area contributed by atoms with Gasteiger partial charge in [-0.15, -0.1) is 0 Å². The fraction of sp³-hybridized carbons (Fsp3) is 0.333. The molecule has 0 fully saturated rings. The highest BCUT2D eigenvalue weighted by Crippen LogP contribution is 2.41. The summed E-state index contributed by atoms with van der Waals surface area (Å²) in [7, 11) is 0. The third-order valence-electron chi connectivity index (χ3n) is 2.66. The highest BCUT2D eigenvalue weighted by atomic mass is 79.9. The van der Waals surface area contributed by atoms with Crippen LogP contribution in [0.25, 0.3) is 0 Å². The van der Waals surface area contributed by atoms with Crippen LogP contribution in [0.2, 0.25) is 0 Å². The Morgan fingerprint density at radius 2 is 1.72 bits per heavy atom. The molecule has 2 aliphatic heterocycles. The number of halogens is 2. The van der Waals surface area contributed by atoms with E-state index in [1.165, 1.54) is 0 Å². The van der Waals surface area contributed by atoms with Gasteiger partial charge in [0.05, 0.1) is 0 Å². The molecule has 0 amide bonds. The molecule has 6 heteroatoms. The van der Waals surface area contributed by atoms with E-state index in [4.69, 9.17) is 14.2 Å². The lowest BCUT2D eigenvalue weighted by molar-refractivity contribution is -0.0634. The van der Waals surface area contributed by atoms with Crippen molar-refractivity contribution >= 4 is 31.9 Å². The Hall–Kier alpha value is -0.720. The van der Waals surface area contributed by atoms with Crippen LogP contribution < -0.4 is 14.8 Å². The summed E-state index contributed by atoms with van der Waals surface area (Å²) in [5.74, 6) is 2.63. The summed E-state index contributed by atoms with van der Waals surface area (Å²) in [5, 5.41) is 3.15. The predicted octanol–water partition coefficient (Wildman–Crippen LogP) is 3.51. The first-order valence-corrected chi connectivity index (χ1v) is 7.03. The van der Waals surface area contributed by atoms with Crippen molar-refractivity contribution in [3.8, 4) is 11.5 Å². The van der Waals surface area contributed by atoms with E-state index in [9.17, 15) is 0 Å². The highest BCUT2D eigenvalue weighted by Gasteiger charge is 2.33. The minimum atomic E-state index is -0.452. The molecule has 0 saturated heterocycles. The molecular formula is C12H11Br2NO3. The molecule has 96 valence electrons. The molecule has 0 saturated carbocycles. The fourth-order valence-corrected chi connectivity index (χ4v) is 2.41. The maximum Gasteiger partial charge on any atom is 0.237 e. The monoisotopic (exact) mass is 375 g/mol. The quantitative estimate of drug-likeness (QED) is 0.752. The molecule has 0 bridgehead atoms. The van der Waals surface area contributed by atoms with Gasteiger partial charge in [0.15, 0.2) is 17.3 Å². The van der Waals surface area contributed by atoms with E-state index in [1.807, 2.05) is 26.0 Å². The lowest BCUT2D eigenvalue weighted by atomic mass is 10.2. The van der Waals surface area contributed by atoms with Gasteiger partial charge in [0.25, 0.3) is 0 Å². The summed E-state index contributed by atoms with van der Waals surface area (Å²) in [6.07, 6.45) is 0. The van der Waals surface area contributed by atoms with Crippen molar-refractivity contribution in [1.82, 2.24) is 5.32 Å². The average molecular weight is 377 g/mol. The number of ether oxygens (including phenoxy) is 3. The molecule has 0 unspecified atom stereocenters. The lowest BCUT2D eigenvalue weighted by Crippen LogP contribution is -2.48. The molecule has 1 N–H and O–H groups in total. The second kappa shape index (κ2) is 4.15. The molecule has 0 radical (unpaired) electrons. The van der Waals surface area contributed by atoms with Crippen molar-refractivity contribution in [3.05, 3.63) is 32.7 Å². The molecule has 0 aliphatic carbocycles. The van der Waals surface area contributed by atoms with Crippen LogP contribution in [0.4, 0.5) is 0 Å². The summed E-state index contributed by atoms with van der Waals surface area (Å²) in [4.78, 5) is 0. The molecule has 4 nitrogen and oxygen atoms in total. The van der Waals surface area contributed by atoms with E-state index in [0.717, 1.165) is 8.95 Å². The number of nitrogens with one attached hydrogen (secondary N) is 1. The lowest BCUT2D eigenvalue weighted by Gasteiger charge is -2.36. The highest BCUT2D eigenvalue weighted by molar-refractivity contribution is 9.13. The van der Waals surface area contributed by atoms with Crippen LogP contribution in [0.1, 0.15) is 13.8 Å². The summed E-state index contributed by atoms with van der Waals surface area (Å²) >= 11 is 6.88. The van der Waals surface area contributed by atoms with E-state index >= 15 is 0 Å². The average Bonchev–Trinajstić information content (AvgIpc) is 2.28. The van der Waals surface area contributed by atoms with Gasteiger partial charge in [0, 0.05) is 21.1 Å². The van der Waals surface area contributed by atoms with Gasteiger partial charge in [-0.3, -0.25) is 0 Å². The Kier molecular flexibility index (Phi) is 2.84. The van der Waals surface area contributed by atoms with Crippen LogP contribution in [0.5, 0.6) is 11.5 Å². The smallest absolute Gasteiger partial charge is 0.237 e. The number of benzene rings is 1. The first kappa shape index (κ1) is 12.3. The van der Waals surface area contributed by atoms with Gasteiger partial charge in [0.1, 0.15) is 12.3 Å². The molecular weight excluding hydrogens is 366 g/mol. The Balaban J connectivity index is 1.97. The Bertz CT molecular complexity index is 554. The number of rotatable bonds is 0. The van der Waals surface area contributed by atoms with Crippen molar-refractivity contribution in [2.45, 2.75) is 19.6 Å². The van der Waals surface area contributed by atoms with Crippen molar-refractivity contribution in [2.75, 3.05) is 6.61 Å². The summed E-state index contributed by atoms with van der Waals surface area (Å²) < 4.78 is 19.0. The number of hydrogen-bond acceptors (Lipinski definition) is 4. The van der Waals surface area contributed by atoms with Crippen LogP contribution in [0, 0.1) is 0 Å².